The molecule has 0 saturated heterocycles. The van der Waals surface area contributed by atoms with Crippen LogP contribution < -0.4 is 0 Å². The lowest BCUT2D eigenvalue weighted by atomic mass is 10.1. The lowest BCUT2D eigenvalue weighted by Crippen LogP contribution is -1.77. The van der Waals surface area contributed by atoms with E-state index in [1.165, 1.54) is 11.1 Å². The van der Waals surface area contributed by atoms with Crippen LogP contribution in [0.5, 0.6) is 0 Å². The first-order chi connectivity index (χ1) is 6.36. The smallest absolute Gasteiger partial charge is 0.0283 e. The van der Waals surface area contributed by atoms with Gasteiger partial charge in [0, 0.05) is 10.7 Å². The van der Waals surface area contributed by atoms with Crippen LogP contribution in [0.3, 0.4) is 0 Å². The van der Waals surface area contributed by atoms with Gasteiger partial charge in [0.15, 0.2) is 0 Å². The van der Waals surface area contributed by atoms with E-state index in [1.54, 1.807) is 0 Å². The van der Waals surface area contributed by atoms with Crippen LogP contribution in [-0.4, -0.2) is 5.33 Å². The molecule has 2 heteroatoms. The zero-order chi connectivity index (χ0) is 9.52. The summed E-state index contributed by atoms with van der Waals surface area (Å²) < 4.78 is 0. The van der Waals surface area contributed by atoms with Crippen molar-refractivity contribution in [3.63, 3.8) is 0 Å². The Morgan fingerprint density at radius 1 is 1.08 bits per heavy atom. The first kappa shape index (κ1) is 11.0. The predicted octanol–water partition coefficient (Wildman–Crippen LogP) is 4.38. The van der Waals surface area contributed by atoms with Gasteiger partial charge in [-0.2, -0.15) is 0 Å². The first-order valence-electron chi connectivity index (χ1n) is 4.24. The highest BCUT2D eigenvalue weighted by Gasteiger charge is 1.88. The van der Waals surface area contributed by atoms with Gasteiger partial charge in [0.1, 0.15) is 0 Å². The molecule has 0 aliphatic heterocycles. The molecule has 0 aromatic heterocycles. The van der Waals surface area contributed by atoms with Gasteiger partial charge in [0.05, 0.1) is 0 Å². The van der Waals surface area contributed by atoms with Crippen LogP contribution in [0.25, 0.3) is 6.08 Å². The molecule has 0 amide bonds. The van der Waals surface area contributed by atoms with Gasteiger partial charge >= 0.3 is 0 Å². The van der Waals surface area contributed by atoms with Crippen molar-refractivity contribution in [2.75, 3.05) is 5.33 Å². The van der Waals surface area contributed by atoms with Crippen molar-refractivity contribution < 1.29 is 0 Å². The van der Waals surface area contributed by atoms with Crippen LogP contribution in [0.1, 0.15) is 17.5 Å². The fourth-order valence-corrected chi connectivity index (χ4v) is 1.64. The van der Waals surface area contributed by atoms with E-state index in [0.717, 1.165) is 17.1 Å². The average Bonchev–Trinajstić information content (AvgIpc) is 2.19. The summed E-state index contributed by atoms with van der Waals surface area (Å²) in [5.41, 5.74) is 2.59. The number of alkyl halides is 2. The summed E-state index contributed by atoms with van der Waals surface area (Å²) in [6.07, 6.45) is 5.41. The Kier molecular flexibility index (Phi) is 5.40. The van der Waals surface area contributed by atoms with E-state index in [9.17, 15) is 0 Å². The van der Waals surface area contributed by atoms with Crippen LogP contribution >= 0.6 is 31.9 Å². The zero-order valence-electron chi connectivity index (χ0n) is 7.34. The molecule has 0 fully saturated rings. The molecule has 1 aromatic carbocycles. The van der Waals surface area contributed by atoms with Gasteiger partial charge in [0.2, 0.25) is 0 Å². The van der Waals surface area contributed by atoms with Gasteiger partial charge in [0.25, 0.3) is 0 Å². The van der Waals surface area contributed by atoms with Crippen molar-refractivity contribution in [1.29, 1.82) is 0 Å². The molecule has 0 bridgehead atoms. The van der Waals surface area contributed by atoms with Crippen LogP contribution in [0.2, 0.25) is 0 Å². The van der Waals surface area contributed by atoms with Crippen molar-refractivity contribution in [1.82, 2.24) is 0 Å². The maximum Gasteiger partial charge on any atom is 0.0283 e. The summed E-state index contributed by atoms with van der Waals surface area (Å²) in [4.78, 5) is 0. The fraction of sp³-hybridized carbons (Fsp3) is 0.273. The monoisotopic (exact) mass is 302 g/mol. The lowest BCUT2D eigenvalue weighted by molar-refractivity contribution is 1.27. The van der Waals surface area contributed by atoms with E-state index in [0.29, 0.717) is 0 Å². The molecule has 0 saturated carbocycles. The molecule has 0 aliphatic rings. The van der Waals surface area contributed by atoms with E-state index in [4.69, 9.17) is 0 Å². The molecule has 1 aromatic rings. The maximum absolute atomic E-state index is 3.42. The molecular formula is C11H12Br2. The molecule has 0 nitrogen and oxygen atoms in total. The van der Waals surface area contributed by atoms with Crippen LogP contribution in [0.4, 0.5) is 0 Å². The Hall–Kier alpha value is -0.0800. The normalized spacial score (nSPS) is 10.9. The summed E-state index contributed by atoms with van der Waals surface area (Å²) in [6, 6.07) is 8.56. The van der Waals surface area contributed by atoms with Gasteiger partial charge in [-0.3, -0.25) is 0 Å². The Balaban J connectivity index is 2.58. The molecule has 0 spiro atoms. The third kappa shape index (κ3) is 4.10. The van der Waals surface area contributed by atoms with Gasteiger partial charge < -0.3 is 0 Å². The van der Waals surface area contributed by atoms with E-state index < -0.39 is 0 Å². The Morgan fingerprint density at radius 2 is 1.77 bits per heavy atom. The van der Waals surface area contributed by atoms with Gasteiger partial charge in [-0.15, -0.1) is 0 Å². The molecule has 0 radical (unpaired) electrons. The van der Waals surface area contributed by atoms with Gasteiger partial charge in [-0.05, 0) is 17.5 Å². The number of hydrogen-bond donors (Lipinski definition) is 0. The summed E-state index contributed by atoms with van der Waals surface area (Å²) >= 11 is 6.81. The van der Waals surface area contributed by atoms with Crippen molar-refractivity contribution in [2.24, 2.45) is 0 Å². The van der Waals surface area contributed by atoms with E-state index in [1.807, 2.05) is 0 Å². The molecule has 0 heterocycles. The van der Waals surface area contributed by atoms with Crippen molar-refractivity contribution in [3.8, 4) is 0 Å². The highest BCUT2D eigenvalue weighted by Crippen LogP contribution is 2.09. The van der Waals surface area contributed by atoms with E-state index >= 15 is 0 Å². The molecule has 0 aliphatic carbocycles. The highest BCUT2D eigenvalue weighted by molar-refractivity contribution is 9.09. The quantitative estimate of drug-likeness (QED) is 0.724. The second-order valence-corrected chi connectivity index (χ2v) is 4.11. The van der Waals surface area contributed by atoms with Gasteiger partial charge in [-0.1, -0.05) is 68.3 Å². The number of benzene rings is 1. The summed E-state index contributed by atoms with van der Waals surface area (Å²) in [7, 11) is 0. The van der Waals surface area contributed by atoms with Gasteiger partial charge in [-0.25, -0.2) is 0 Å². The minimum absolute atomic E-state index is 0.929. The number of halogens is 2. The standard InChI is InChI=1S/C11H12Br2/c12-8-2-1-3-10-4-6-11(9-13)7-5-10/h1,3-7H,2,8-9H2. The maximum atomic E-state index is 3.42. The molecule has 13 heavy (non-hydrogen) atoms. The minimum Gasteiger partial charge on any atom is -0.0925 e. The van der Waals surface area contributed by atoms with Crippen LogP contribution in [0.15, 0.2) is 30.3 Å². The SMILES string of the molecule is BrCCC=Cc1ccc(CBr)cc1. The summed E-state index contributed by atoms with van der Waals surface area (Å²) in [5.74, 6) is 0. The lowest BCUT2D eigenvalue weighted by Gasteiger charge is -1.96. The Labute approximate surface area is 96.3 Å². The first-order valence-corrected chi connectivity index (χ1v) is 6.48. The predicted molar refractivity (Wildman–Crippen MR) is 66.5 cm³/mol. The molecule has 0 atom stereocenters. The van der Waals surface area contributed by atoms with Crippen molar-refractivity contribution in [3.05, 3.63) is 41.5 Å². The molecule has 0 unspecified atom stereocenters. The van der Waals surface area contributed by atoms with Crippen molar-refractivity contribution >= 4 is 37.9 Å². The van der Waals surface area contributed by atoms with Crippen LogP contribution in [-0.2, 0) is 5.33 Å². The minimum atomic E-state index is 0.929. The Morgan fingerprint density at radius 3 is 2.31 bits per heavy atom. The second-order valence-electron chi connectivity index (χ2n) is 2.76. The van der Waals surface area contributed by atoms with Crippen molar-refractivity contribution in [2.45, 2.75) is 11.8 Å². The van der Waals surface area contributed by atoms with E-state index in [2.05, 4.69) is 68.3 Å². The molecular weight excluding hydrogens is 292 g/mol. The fourth-order valence-electron chi connectivity index (χ4n) is 1.00. The third-order valence-corrected chi connectivity index (χ3v) is 2.83. The molecule has 0 N–H and O–H groups in total. The highest BCUT2D eigenvalue weighted by atomic mass is 79.9. The molecule has 1 rings (SSSR count). The number of allylic oxidation sites excluding steroid dienone is 1. The third-order valence-electron chi connectivity index (χ3n) is 1.72. The average molecular weight is 304 g/mol. The topological polar surface area (TPSA) is 0 Å². The Bertz CT molecular complexity index is 262. The second kappa shape index (κ2) is 6.39. The summed E-state index contributed by atoms with van der Waals surface area (Å²) in [6.45, 7) is 0. The van der Waals surface area contributed by atoms with E-state index in [-0.39, 0.29) is 0 Å². The molecule has 70 valence electrons. The summed E-state index contributed by atoms with van der Waals surface area (Å²) in [5, 5.41) is 1.96. The van der Waals surface area contributed by atoms with Crippen LogP contribution in [0, 0.1) is 0 Å². The number of rotatable bonds is 4. The number of hydrogen-bond acceptors (Lipinski definition) is 0. The zero-order valence-corrected chi connectivity index (χ0v) is 10.5. The largest absolute Gasteiger partial charge is 0.0925 e.